The van der Waals surface area contributed by atoms with Crippen molar-refractivity contribution in [2.24, 2.45) is 0 Å². The number of hydrogen-bond donors (Lipinski definition) is 0. The molecule has 2 aliphatic rings. The van der Waals surface area contributed by atoms with Crippen molar-refractivity contribution in [2.75, 3.05) is 14.2 Å². The van der Waals surface area contributed by atoms with Crippen LogP contribution in [0.1, 0.15) is 6.42 Å². The van der Waals surface area contributed by atoms with E-state index in [0.29, 0.717) is 10.4 Å². The second kappa shape index (κ2) is 9.10. The van der Waals surface area contributed by atoms with E-state index in [-0.39, 0.29) is 18.3 Å². The molecule has 0 bridgehead atoms. The summed E-state index contributed by atoms with van der Waals surface area (Å²) in [6, 6.07) is 0. The highest BCUT2D eigenvalue weighted by molar-refractivity contribution is 6.76. The standard InChI is InChI=1S/C18H17O4Si2/c1-21-17(19)15(23-13-9-5-3-6-10-13)16(18(20)22-2)24-14-11-7-4-8-12-14/h3,5-12H,4H2,1-2H3/q+1/b16-15+. The van der Waals surface area contributed by atoms with E-state index >= 15 is 0 Å². The molecule has 0 saturated carbocycles. The van der Waals surface area contributed by atoms with Crippen LogP contribution in [0.4, 0.5) is 0 Å². The summed E-state index contributed by atoms with van der Waals surface area (Å²) >= 11 is 0. The van der Waals surface area contributed by atoms with Gasteiger partial charge in [0.15, 0.2) is 0 Å². The lowest BCUT2D eigenvalue weighted by atomic mass is 10.2. The van der Waals surface area contributed by atoms with E-state index in [1.165, 1.54) is 14.2 Å². The van der Waals surface area contributed by atoms with Crippen LogP contribution in [0, 0.1) is 6.42 Å². The van der Waals surface area contributed by atoms with E-state index in [4.69, 9.17) is 9.47 Å². The zero-order valence-electron chi connectivity index (χ0n) is 13.5. The Morgan fingerprint density at radius 2 is 1.67 bits per heavy atom. The Bertz CT molecular complexity index is 644. The highest BCUT2D eigenvalue weighted by Crippen LogP contribution is 2.08. The van der Waals surface area contributed by atoms with Crippen molar-refractivity contribution in [3.63, 3.8) is 0 Å². The van der Waals surface area contributed by atoms with Crippen LogP contribution in [-0.2, 0) is 19.1 Å². The first-order chi connectivity index (χ1) is 11.7. The Hall–Kier alpha value is -2.32. The van der Waals surface area contributed by atoms with Gasteiger partial charge in [-0.25, -0.2) is 9.96 Å². The van der Waals surface area contributed by atoms with Gasteiger partial charge < -0.3 is 18.6 Å². The van der Waals surface area contributed by atoms with Crippen molar-refractivity contribution in [1.82, 2.24) is 0 Å². The van der Waals surface area contributed by atoms with Crippen LogP contribution in [0.3, 0.4) is 0 Å². The summed E-state index contributed by atoms with van der Waals surface area (Å²) in [6.07, 6.45) is 18.4. The summed E-state index contributed by atoms with van der Waals surface area (Å²) < 4.78 is 9.82. The van der Waals surface area contributed by atoms with Crippen LogP contribution in [0.2, 0.25) is 0 Å². The zero-order valence-corrected chi connectivity index (χ0v) is 15.5. The quantitative estimate of drug-likeness (QED) is 0.329. The first-order valence-corrected chi connectivity index (χ1v) is 9.35. The molecule has 0 fully saturated rings. The lowest BCUT2D eigenvalue weighted by Crippen LogP contribution is -2.22. The van der Waals surface area contributed by atoms with E-state index in [2.05, 4.69) is 0 Å². The first-order valence-electron chi connectivity index (χ1n) is 7.35. The number of carbonyl (C=O) groups is 2. The largest absolute Gasteiger partial charge is 0.529 e. The summed E-state index contributed by atoms with van der Waals surface area (Å²) in [7, 11) is 2.72. The molecule has 0 heterocycles. The Morgan fingerprint density at radius 3 is 2.25 bits per heavy atom. The van der Waals surface area contributed by atoms with Gasteiger partial charge in [-0.05, 0) is 6.42 Å². The van der Waals surface area contributed by atoms with Gasteiger partial charge in [0.25, 0.3) is 5.17 Å². The van der Waals surface area contributed by atoms with Gasteiger partial charge in [-0.1, -0.05) is 29.5 Å². The molecule has 0 atom stereocenters. The van der Waals surface area contributed by atoms with E-state index in [1.807, 2.05) is 55.0 Å². The minimum absolute atomic E-state index is 0.0296. The fourth-order valence-electron chi connectivity index (χ4n) is 2.05. The Labute approximate surface area is 146 Å². The fraction of sp³-hybridized carbons (Fsp3) is 0.167. The van der Waals surface area contributed by atoms with E-state index in [9.17, 15) is 9.59 Å². The van der Waals surface area contributed by atoms with Crippen molar-refractivity contribution in [3.8, 4) is 0 Å². The second-order valence-electron chi connectivity index (χ2n) is 4.84. The van der Waals surface area contributed by atoms with Gasteiger partial charge in [0, 0.05) is 6.42 Å². The molecule has 2 aliphatic carbocycles. The minimum atomic E-state index is -0.491. The monoisotopic (exact) mass is 353 g/mol. The molecule has 6 heteroatoms. The molecule has 0 unspecified atom stereocenters. The maximum Gasteiger partial charge on any atom is 0.529 e. The highest BCUT2D eigenvalue weighted by Gasteiger charge is 2.28. The molecule has 0 amide bonds. The summed E-state index contributed by atoms with van der Waals surface area (Å²) in [4.78, 5) is 24.6. The molecule has 24 heavy (non-hydrogen) atoms. The Balaban J connectivity index is 2.59. The molecule has 2 rings (SSSR count). The number of hydrogen-bond acceptors (Lipinski definition) is 4. The van der Waals surface area contributed by atoms with E-state index in [0.717, 1.165) is 16.8 Å². The maximum atomic E-state index is 12.3. The average Bonchev–Trinajstić information content (AvgIpc) is 2.65. The van der Waals surface area contributed by atoms with Crippen molar-refractivity contribution in [3.05, 3.63) is 65.4 Å². The summed E-state index contributed by atoms with van der Waals surface area (Å²) in [5, 5.41) is 2.69. The van der Waals surface area contributed by atoms with Gasteiger partial charge >= 0.3 is 21.1 Å². The van der Waals surface area contributed by atoms with Crippen molar-refractivity contribution >= 4 is 40.5 Å². The number of methoxy groups -OCH3 is 2. The summed E-state index contributed by atoms with van der Waals surface area (Å²) in [5.74, 6) is -0.980. The predicted octanol–water partition coefficient (Wildman–Crippen LogP) is 1.14. The molecular formula is C18H17O4Si2+. The van der Waals surface area contributed by atoms with Crippen molar-refractivity contribution < 1.29 is 19.1 Å². The molecule has 0 aromatic heterocycles. The van der Waals surface area contributed by atoms with Crippen molar-refractivity contribution in [1.29, 1.82) is 0 Å². The number of allylic oxidation sites excluding steroid dienone is 8. The molecule has 0 spiro atoms. The lowest BCUT2D eigenvalue weighted by Gasteiger charge is -2.16. The van der Waals surface area contributed by atoms with Crippen LogP contribution < -0.4 is 0 Å². The molecule has 120 valence electrons. The van der Waals surface area contributed by atoms with Gasteiger partial charge in [-0.15, -0.1) is 0 Å². The molecule has 0 aromatic carbocycles. The molecule has 0 radical (unpaired) electrons. The fourth-order valence-corrected chi connectivity index (χ4v) is 4.63. The first kappa shape index (κ1) is 18.0. The lowest BCUT2D eigenvalue weighted by molar-refractivity contribution is -0.138. The number of ether oxygens (including phenoxy) is 2. The van der Waals surface area contributed by atoms with Crippen LogP contribution in [-0.4, -0.2) is 54.8 Å². The number of rotatable bonds is 4. The molecule has 4 nitrogen and oxygen atoms in total. The van der Waals surface area contributed by atoms with Gasteiger partial charge in [0.2, 0.25) is 5.20 Å². The number of esters is 2. The van der Waals surface area contributed by atoms with E-state index in [1.54, 1.807) is 0 Å². The zero-order chi connectivity index (χ0) is 17.4. The Morgan fingerprint density at radius 1 is 1.04 bits per heavy atom. The molecule has 0 aromatic rings. The third-order valence-electron chi connectivity index (χ3n) is 3.21. The van der Waals surface area contributed by atoms with Crippen LogP contribution in [0.15, 0.2) is 59.0 Å². The topological polar surface area (TPSA) is 52.6 Å². The summed E-state index contributed by atoms with van der Waals surface area (Å²) in [5.41, 5.74) is 0. The van der Waals surface area contributed by atoms with Crippen LogP contribution in [0.25, 0.3) is 0 Å². The van der Waals surface area contributed by atoms with Crippen LogP contribution >= 0.6 is 0 Å². The van der Waals surface area contributed by atoms with Crippen molar-refractivity contribution in [2.45, 2.75) is 6.42 Å². The van der Waals surface area contributed by atoms with Gasteiger partial charge in [-0.3, -0.25) is 4.79 Å². The third-order valence-corrected chi connectivity index (χ3v) is 6.11. The second-order valence-corrected chi connectivity index (χ2v) is 7.50. The smallest absolute Gasteiger partial charge is 0.468 e. The highest BCUT2D eigenvalue weighted by atomic mass is 28.2. The minimum Gasteiger partial charge on any atom is -0.468 e. The van der Waals surface area contributed by atoms with Crippen LogP contribution in [0.5, 0.6) is 0 Å². The SMILES string of the molecule is COC(=O)/C([Si+]=C1C=C[CH+]C=C1)=C(\[Si-]=C1C=CCC=C1)C(=O)OC. The average molecular weight is 354 g/mol. The molecule has 0 saturated heterocycles. The Kier molecular flexibility index (Phi) is 6.83. The number of carbonyl (C=O) groups excluding carboxylic acids is 2. The molecule has 0 N–H and O–H groups in total. The maximum absolute atomic E-state index is 12.3. The molecule has 0 aliphatic heterocycles. The summed E-state index contributed by atoms with van der Waals surface area (Å²) in [6.45, 7) is 0. The van der Waals surface area contributed by atoms with Gasteiger partial charge in [0.05, 0.1) is 38.5 Å². The van der Waals surface area contributed by atoms with E-state index < -0.39 is 11.9 Å². The normalized spacial score (nSPS) is 16.1. The predicted molar refractivity (Wildman–Crippen MR) is 98.1 cm³/mol. The van der Waals surface area contributed by atoms with Gasteiger partial charge in [-0.2, -0.15) is 0 Å². The molecular weight excluding hydrogens is 336 g/mol. The van der Waals surface area contributed by atoms with Gasteiger partial charge in [0.1, 0.15) is 0 Å². The third kappa shape index (κ3) is 4.84.